The number of methoxy groups -OCH3 is 1. The lowest BCUT2D eigenvalue weighted by molar-refractivity contribution is 0.0991. The summed E-state index contributed by atoms with van der Waals surface area (Å²) < 4.78 is 18.0. The molecule has 1 aromatic heterocycles. The average molecular weight is 250 g/mol. The molecule has 0 saturated carbocycles. The molecule has 2 nitrogen and oxygen atoms in total. The standard InChI is InChI=1S/C13H11FO2S/c1-16-13-7-9(14)4-5-11(13)12(15)8-10-3-2-6-17-10/h2-7H,8H2,1H3. The zero-order valence-electron chi connectivity index (χ0n) is 9.27. The Morgan fingerprint density at radius 2 is 2.24 bits per heavy atom. The minimum absolute atomic E-state index is 0.0655. The SMILES string of the molecule is COc1cc(F)ccc1C(=O)Cc1cccs1. The summed E-state index contributed by atoms with van der Waals surface area (Å²) in [4.78, 5) is 13.0. The van der Waals surface area contributed by atoms with Gasteiger partial charge in [0.15, 0.2) is 5.78 Å². The lowest BCUT2D eigenvalue weighted by Crippen LogP contribution is -2.05. The Hall–Kier alpha value is -1.68. The Kier molecular flexibility index (Phi) is 3.54. The van der Waals surface area contributed by atoms with E-state index in [1.54, 1.807) is 0 Å². The molecule has 1 heterocycles. The molecule has 0 N–H and O–H groups in total. The van der Waals surface area contributed by atoms with Crippen LogP contribution in [-0.4, -0.2) is 12.9 Å². The lowest BCUT2D eigenvalue weighted by atomic mass is 10.1. The molecular formula is C13H11FO2S. The normalized spacial score (nSPS) is 10.2. The predicted molar refractivity (Wildman–Crippen MR) is 65.3 cm³/mol. The Morgan fingerprint density at radius 1 is 1.41 bits per heavy atom. The van der Waals surface area contributed by atoms with Gasteiger partial charge in [0.05, 0.1) is 12.7 Å². The van der Waals surface area contributed by atoms with Crippen molar-refractivity contribution in [3.63, 3.8) is 0 Å². The number of carbonyl (C=O) groups excluding carboxylic acids is 1. The molecule has 0 atom stereocenters. The summed E-state index contributed by atoms with van der Waals surface area (Å²) in [5, 5.41) is 1.92. The van der Waals surface area contributed by atoms with Crippen LogP contribution >= 0.6 is 11.3 Å². The molecule has 0 saturated heterocycles. The van der Waals surface area contributed by atoms with Gasteiger partial charge in [0.2, 0.25) is 0 Å². The zero-order valence-corrected chi connectivity index (χ0v) is 10.1. The molecule has 0 amide bonds. The van der Waals surface area contributed by atoms with E-state index in [4.69, 9.17) is 4.74 Å². The third-order valence-corrected chi connectivity index (χ3v) is 3.26. The van der Waals surface area contributed by atoms with Crippen LogP contribution in [-0.2, 0) is 6.42 Å². The first-order valence-electron chi connectivity index (χ1n) is 5.10. The number of benzene rings is 1. The second-order valence-electron chi connectivity index (χ2n) is 3.52. The molecule has 2 rings (SSSR count). The Balaban J connectivity index is 2.24. The topological polar surface area (TPSA) is 26.3 Å². The second kappa shape index (κ2) is 5.10. The summed E-state index contributed by atoms with van der Waals surface area (Å²) in [6, 6.07) is 7.75. The van der Waals surface area contributed by atoms with Gasteiger partial charge in [-0.15, -0.1) is 11.3 Å². The summed E-state index contributed by atoms with van der Waals surface area (Å²) >= 11 is 1.53. The van der Waals surface area contributed by atoms with Gasteiger partial charge in [0.1, 0.15) is 11.6 Å². The van der Waals surface area contributed by atoms with E-state index in [-0.39, 0.29) is 11.5 Å². The van der Waals surface area contributed by atoms with Crippen LogP contribution in [0.15, 0.2) is 35.7 Å². The number of rotatable bonds is 4. The molecule has 0 fully saturated rings. The van der Waals surface area contributed by atoms with Crippen molar-refractivity contribution < 1.29 is 13.9 Å². The fourth-order valence-electron chi connectivity index (χ4n) is 1.56. The third-order valence-electron chi connectivity index (χ3n) is 2.38. The fraction of sp³-hybridized carbons (Fsp3) is 0.154. The molecular weight excluding hydrogens is 239 g/mol. The molecule has 0 unspecified atom stereocenters. The lowest BCUT2D eigenvalue weighted by Gasteiger charge is -2.06. The van der Waals surface area contributed by atoms with Crippen molar-refractivity contribution in [2.45, 2.75) is 6.42 Å². The minimum atomic E-state index is -0.408. The Labute approximate surface area is 103 Å². The van der Waals surface area contributed by atoms with Crippen molar-refractivity contribution in [3.05, 3.63) is 52.0 Å². The second-order valence-corrected chi connectivity index (χ2v) is 4.56. The van der Waals surface area contributed by atoms with Gasteiger partial charge in [-0.3, -0.25) is 4.79 Å². The van der Waals surface area contributed by atoms with Crippen molar-refractivity contribution in [2.75, 3.05) is 7.11 Å². The van der Waals surface area contributed by atoms with Gasteiger partial charge >= 0.3 is 0 Å². The smallest absolute Gasteiger partial charge is 0.171 e. The van der Waals surface area contributed by atoms with Crippen molar-refractivity contribution in [3.8, 4) is 5.75 Å². The van der Waals surface area contributed by atoms with Gasteiger partial charge in [-0.1, -0.05) is 6.07 Å². The summed E-state index contributed by atoms with van der Waals surface area (Å²) in [5.41, 5.74) is 0.419. The highest BCUT2D eigenvalue weighted by Gasteiger charge is 2.13. The molecule has 4 heteroatoms. The molecule has 0 aliphatic rings. The molecule has 2 aromatic rings. The zero-order chi connectivity index (χ0) is 12.3. The summed E-state index contributed by atoms with van der Waals surface area (Å²) in [6.07, 6.45) is 0.319. The number of Topliss-reactive ketones (excluding diaryl/α,β-unsaturated/α-hetero) is 1. The van der Waals surface area contributed by atoms with Gasteiger partial charge in [-0.2, -0.15) is 0 Å². The molecule has 1 aromatic carbocycles. The first-order chi connectivity index (χ1) is 8.20. The number of halogens is 1. The van der Waals surface area contributed by atoms with E-state index in [2.05, 4.69) is 0 Å². The van der Waals surface area contributed by atoms with Crippen molar-refractivity contribution in [1.82, 2.24) is 0 Å². The average Bonchev–Trinajstić information content (AvgIpc) is 2.81. The highest BCUT2D eigenvalue weighted by atomic mass is 32.1. The van der Waals surface area contributed by atoms with Crippen molar-refractivity contribution in [2.24, 2.45) is 0 Å². The summed E-state index contributed by atoms with van der Waals surface area (Å²) in [6.45, 7) is 0. The maximum atomic E-state index is 13.0. The maximum absolute atomic E-state index is 13.0. The molecule has 17 heavy (non-hydrogen) atoms. The first-order valence-corrected chi connectivity index (χ1v) is 5.98. The van der Waals surface area contributed by atoms with Gasteiger partial charge in [0.25, 0.3) is 0 Å². The van der Waals surface area contributed by atoms with E-state index < -0.39 is 5.82 Å². The molecule has 0 aliphatic carbocycles. The largest absolute Gasteiger partial charge is 0.496 e. The van der Waals surface area contributed by atoms with E-state index >= 15 is 0 Å². The van der Waals surface area contributed by atoms with Crippen LogP contribution in [0.25, 0.3) is 0 Å². The highest BCUT2D eigenvalue weighted by Crippen LogP contribution is 2.22. The third kappa shape index (κ3) is 2.71. The van der Waals surface area contributed by atoms with Gasteiger partial charge in [-0.05, 0) is 23.6 Å². The van der Waals surface area contributed by atoms with Crippen LogP contribution in [0.3, 0.4) is 0 Å². The van der Waals surface area contributed by atoms with Crippen LogP contribution in [0.1, 0.15) is 15.2 Å². The van der Waals surface area contributed by atoms with Gasteiger partial charge in [-0.25, -0.2) is 4.39 Å². The number of thiophene rings is 1. The first kappa shape index (κ1) is 11.8. The van der Waals surface area contributed by atoms with E-state index in [9.17, 15) is 9.18 Å². The van der Waals surface area contributed by atoms with Crippen LogP contribution in [0.2, 0.25) is 0 Å². The van der Waals surface area contributed by atoms with Crippen molar-refractivity contribution >= 4 is 17.1 Å². The van der Waals surface area contributed by atoms with Crippen LogP contribution < -0.4 is 4.74 Å². The number of hydrogen-bond acceptors (Lipinski definition) is 3. The molecule has 0 bridgehead atoms. The maximum Gasteiger partial charge on any atom is 0.171 e. The quantitative estimate of drug-likeness (QED) is 0.778. The minimum Gasteiger partial charge on any atom is -0.496 e. The Morgan fingerprint density at radius 3 is 2.88 bits per heavy atom. The Bertz CT molecular complexity index is 520. The highest BCUT2D eigenvalue weighted by molar-refractivity contribution is 7.10. The van der Waals surface area contributed by atoms with Gasteiger partial charge in [0, 0.05) is 17.4 Å². The predicted octanol–water partition coefficient (Wildman–Crippen LogP) is 3.32. The number of hydrogen-bond donors (Lipinski definition) is 0. The van der Waals surface area contributed by atoms with Crippen molar-refractivity contribution in [1.29, 1.82) is 0 Å². The summed E-state index contributed by atoms with van der Waals surface area (Å²) in [5.74, 6) is -0.189. The van der Waals surface area contributed by atoms with Crippen LogP contribution in [0.5, 0.6) is 5.75 Å². The number of ketones is 1. The van der Waals surface area contributed by atoms with E-state index in [1.807, 2.05) is 17.5 Å². The molecule has 0 aliphatic heterocycles. The number of carbonyl (C=O) groups is 1. The van der Waals surface area contributed by atoms with E-state index in [1.165, 1.54) is 36.6 Å². The van der Waals surface area contributed by atoms with Crippen LogP contribution in [0.4, 0.5) is 4.39 Å². The molecule has 88 valence electrons. The van der Waals surface area contributed by atoms with Gasteiger partial charge < -0.3 is 4.74 Å². The van der Waals surface area contributed by atoms with E-state index in [0.717, 1.165) is 4.88 Å². The number of ether oxygens (including phenoxy) is 1. The monoisotopic (exact) mass is 250 g/mol. The molecule has 0 spiro atoms. The fourth-order valence-corrected chi connectivity index (χ4v) is 2.27. The summed E-state index contributed by atoms with van der Waals surface area (Å²) in [7, 11) is 1.43. The van der Waals surface area contributed by atoms with Crippen LogP contribution in [0, 0.1) is 5.82 Å². The molecule has 0 radical (unpaired) electrons. The van der Waals surface area contributed by atoms with E-state index in [0.29, 0.717) is 12.0 Å².